The van der Waals surface area contributed by atoms with Crippen molar-refractivity contribution in [1.82, 2.24) is 4.57 Å². The third-order valence-corrected chi connectivity index (χ3v) is 6.40. The van der Waals surface area contributed by atoms with Gasteiger partial charge in [0.15, 0.2) is 4.80 Å². The molecular weight excluding hydrogens is 456 g/mol. The van der Waals surface area contributed by atoms with E-state index in [1.165, 1.54) is 23.0 Å². The number of ether oxygens (including phenoxy) is 3. The Morgan fingerprint density at radius 2 is 2.00 bits per heavy atom. The maximum absolute atomic E-state index is 13.6. The number of aromatic nitrogens is 1. The lowest BCUT2D eigenvalue weighted by Crippen LogP contribution is -2.40. The lowest BCUT2D eigenvalue weighted by atomic mass is 9.94. The fourth-order valence-electron chi connectivity index (χ4n) is 3.90. The molecule has 1 aromatic heterocycles. The largest absolute Gasteiger partial charge is 0.508 e. The van der Waals surface area contributed by atoms with Gasteiger partial charge in [-0.1, -0.05) is 23.5 Å². The fourth-order valence-corrected chi connectivity index (χ4v) is 4.95. The van der Waals surface area contributed by atoms with Gasteiger partial charge in [0.25, 0.3) is 5.56 Å². The molecule has 0 bridgehead atoms. The van der Waals surface area contributed by atoms with E-state index in [9.17, 15) is 14.7 Å². The summed E-state index contributed by atoms with van der Waals surface area (Å²) >= 11 is 1.20. The molecule has 176 valence electrons. The number of benzene rings is 2. The Morgan fingerprint density at radius 3 is 2.68 bits per heavy atom. The SMILES string of the molecule is CCOC(=O)C1=C(C)N=c2s/c(=C/c3cccc(O)c3)c(=O)n2[C@@H]1c1cc(OC)ccc1OC. The number of carbonyl (C=O) groups is 1. The van der Waals surface area contributed by atoms with E-state index < -0.39 is 12.0 Å². The number of aromatic hydroxyl groups is 1. The Kier molecular flexibility index (Phi) is 6.56. The van der Waals surface area contributed by atoms with E-state index in [-0.39, 0.29) is 23.5 Å². The Balaban J connectivity index is 2.02. The minimum absolute atomic E-state index is 0.0981. The summed E-state index contributed by atoms with van der Waals surface area (Å²) in [6.45, 7) is 3.62. The van der Waals surface area contributed by atoms with Crippen LogP contribution >= 0.6 is 11.3 Å². The van der Waals surface area contributed by atoms with Crippen molar-refractivity contribution < 1.29 is 24.1 Å². The van der Waals surface area contributed by atoms with E-state index in [1.807, 2.05) is 0 Å². The minimum Gasteiger partial charge on any atom is -0.508 e. The van der Waals surface area contributed by atoms with E-state index in [1.54, 1.807) is 69.5 Å². The van der Waals surface area contributed by atoms with Gasteiger partial charge in [0.2, 0.25) is 0 Å². The van der Waals surface area contributed by atoms with Crippen LogP contribution in [0.2, 0.25) is 0 Å². The molecule has 0 saturated carbocycles. The summed E-state index contributed by atoms with van der Waals surface area (Å²) in [6.07, 6.45) is 1.69. The Hall–Kier alpha value is -3.85. The molecule has 0 saturated heterocycles. The highest BCUT2D eigenvalue weighted by molar-refractivity contribution is 7.07. The molecule has 34 heavy (non-hydrogen) atoms. The summed E-state index contributed by atoms with van der Waals surface area (Å²) in [5, 5.41) is 9.80. The number of phenolic OH excluding ortho intramolecular Hbond substituents is 1. The second-order valence-electron chi connectivity index (χ2n) is 7.51. The molecular formula is C25H24N2O6S. The molecule has 0 fully saturated rings. The van der Waals surface area contributed by atoms with Crippen LogP contribution in [0.1, 0.15) is 31.0 Å². The van der Waals surface area contributed by atoms with Crippen LogP contribution in [0.15, 0.2) is 63.5 Å². The lowest BCUT2D eigenvalue weighted by Gasteiger charge is -2.26. The van der Waals surface area contributed by atoms with E-state index in [0.717, 1.165) is 0 Å². The zero-order chi connectivity index (χ0) is 24.4. The number of carbonyl (C=O) groups excluding carboxylic acids is 1. The van der Waals surface area contributed by atoms with Gasteiger partial charge in [-0.2, -0.15) is 0 Å². The van der Waals surface area contributed by atoms with Gasteiger partial charge in [0, 0.05) is 5.56 Å². The van der Waals surface area contributed by atoms with Gasteiger partial charge < -0.3 is 19.3 Å². The Labute approximate surface area is 199 Å². The molecule has 1 aliphatic rings. The summed E-state index contributed by atoms with van der Waals surface area (Å²) < 4.78 is 18.2. The molecule has 1 atom stereocenters. The highest BCUT2D eigenvalue weighted by atomic mass is 32.1. The minimum atomic E-state index is -0.827. The summed E-state index contributed by atoms with van der Waals surface area (Å²) in [7, 11) is 3.07. The summed E-state index contributed by atoms with van der Waals surface area (Å²) in [4.78, 5) is 31.7. The number of esters is 1. The number of hydrogen-bond donors (Lipinski definition) is 1. The first-order chi connectivity index (χ1) is 16.4. The third-order valence-electron chi connectivity index (χ3n) is 5.42. The van der Waals surface area contributed by atoms with Crippen molar-refractivity contribution in [3.8, 4) is 17.2 Å². The maximum atomic E-state index is 13.6. The zero-order valence-corrected chi connectivity index (χ0v) is 20.0. The number of nitrogens with zero attached hydrogens (tertiary/aromatic N) is 2. The van der Waals surface area contributed by atoms with Crippen LogP contribution in [0.3, 0.4) is 0 Å². The number of phenols is 1. The van der Waals surface area contributed by atoms with E-state index in [0.29, 0.717) is 37.7 Å². The number of rotatable bonds is 6. The normalized spacial score (nSPS) is 15.5. The van der Waals surface area contributed by atoms with Crippen molar-refractivity contribution in [3.05, 3.63) is 84.5 Å². The second-order valence-corrected chi connectivity index (χ2v) is 8.51. The van der Waals surface area contributed by atoms with Crippen molar-refractivity contribution in [2.75, 3.05) is 20.8 Å². The quantitative estimate of drug-likeness (QED) is 0.545. The van der Waals surface area contributed by atoms with Gasteiger partial charge in [-0.25, -0.2) is 9.79 Å². The Morgan fingerprint density at radius 1 is 1.21 bits per heavy atom. The number of hydrogen-bond acceptors (Lipinski definition) is 8. The van der Waals surface area contributed by atoms with Gasteiger partial charge in [0.1, 0.15) is 23.3 Å². The molecule has 0 radical (unpaired) electrons. The predicted octanol–water partition coefficient (Wildman–Crippen LogP) is 2.52. The van der Waals surface area contributed by atoms with E-state index >= 15 is 0 Å². The molecule has 2 heterocycles. The number of thiazole rings is 1. The number of allylic oxidation sites excluding steroid dienone is 1. The molecule has 0 spiro atoms. The van der Waals surface area contributed by atoms with Crippen LogP contribution in [-0.4, -0.2) is 36.5 Å². The highest BCUT2D eigenvalue weighted by Gasteiger charge is 2.35. The van der Waals surface area contributed by atoms with Crippen LogP contribution in [0.25, 0.3) is 6.08 Å². The zero-order valence-electron chi connectivity index (χ0n) is 19.2. The van der Waals surface area contributed by atoms with Crippen molar-refractivity contribution in [1.29, 1.82) is 0 Å². The molecule has 0 amide bonds. The fraction of sp³-hybridized carbons (Fsp3) is 0.240. The van der Waals surface area contributed by atoms with Gasteiger partial charge in [-0.05, 0) is 55.8 Å². The summed E-state index contributed by atoms with van der Waals surface area (Å²) in [5.74, 6) is 0.585. The maximum Gasteiger partial charge on any atom is 0.338 e. The summed E-state index contributed by atoms with van der Waals surface area (Å²) in [6, 6.07) is 11.0. The molecule has 8 nitrogen and oxygen atoms in total. The monoisotopic (exact) mass is 480 g/mol. The topological polar surface area (TPSA) is 99.4 Å². The average molecular weight is 481 g/mol. The van der Waals surface area contributed by atoms with Crippen molar-refractivity contribution in [3.63, 3.8) is 0 Å². The van der Waals surface area contributed by atoms with E-state index in [2.05, 4.69) is 4.99 Å². The average Bonchev–Trinajstić information content (AvgIpc) is 3.12. The molecule has 3 aromatic rings. The van der Waals surface area contributed by atoms with Gasteiger partial charge in [0.05, 0.1) is 36.6 Å². The number of fused-ring (bicyclic) bond motifs is 1. The molecule has 0 aliphatic carbocycles. The highest BCUT2D eigenvalue weighted by Crippen LogP contribution is 2.37. The predicted molar refractivity (Wildman–Crippen MR) is 128 cm³/mol. The number of methoxy groups -OCH3 is 2. The van der Waals surface area contributed by atoms with Gasteiger partial charge in [-0.3, -0.25) is 9.36 Å². The first-order valence-corrected chi connectivity index (χ1v) is 11.4. The molecule has 2 aromatic carbocycles. The van der Waals surface area contributed by atoms with Crippen molar-refractivity contribution in [2.45, 2.75) is 19.9 Å². The third kappa shape index (κ3) is 4.22. The van der Waals surface area contributed by atoms with E-state index in [4.69, 9.17) is 14.2 Å². The Bertz CT molecular complexity index is 1470. The first kappa shape index (κ1) is 23.3. The summed E-state index contributed by atoms with van der Waals surface area (Å²) in [5.41, 5.74) is 1.63. The van der Waals surface area contributed by atoms with Crippen LogP contribution in [0.5, 0.6) is 17.2 Å². The molecule has 0 unspecified atom stereocenters. The smallest absolute Gasteiger partial charge is 0.338 e. The first-order valence-electron chi connectivity index (χ1n) is 10.6. The van der Waals surface area contributed by atoms with Crippen LogP contribution in [0.4, 0.5) is 0 Å². The molecule has 9 heteroatoms. The lowest BCUT2D eigenvalue weighted by molar-refractivity contribution is -0.139. The van der Waals surface area contributed by atoms with Crippen molar-refractivity contribution in [2.24, 2.45) is 4.99 Å². The molecule has 1 aliphatic heterocycles. The molecule has 4 rings (SSSR count). The van der Waals surface area contributed by atoms with Crippen molar-refractivity contribution >= 4 is 23.4 Å². The second kappa shape index (κ2) is 9.56. The molecule has 1 N–H and O–H groups in total. The van der Waals surface area contributed by atoms with Crippen LogP contribution < -0.4 is 24.4 Å². The van der Waals surface area contributed by atoms with Gasteiger partial charge >= 0.3 is 5.97 Å². The van der Waals surface area contributed by atoms with Gasteiger partial charge in [-0.15, -0.1) is 0 Å². The van der Waals surface area contributed by atoms with Crippen LogP contribution in [0, 0.1) is 0 Å². The standard InChI is InChI=1S/C25H24N2O6S/c1-5-33-24(30)21-14(2)26-25-27(22(21)18-13-17(31-3)9-10-19(18)32-4)23(29)20(34-25)12-15-7-6-8-16(28)11-15/h6-13,22,28H,5H2,1-4H3/b20-12+/t22-/m1/s1. The van der Waals surface area contributed by atoms with Crippen LogP contribution in [-0.2, 0) is 9.53 Å².